The summed E-state index contributed by atoms with van der Waals surface area (Å²) in [5, 5.41) is 13.1. The van der Waals surface area contributed by atoms with Crippen molar-refractivity contribution in [3.63, 3.8) is 0 Å². The van der Waals surface area contributed by atoms with Crippen molar-refractivity contribution in [2.75, 3.05) is 19.7 Å². The van der Waals surface area contributed by atoms with Crippen LogP contribution in [0.3, 0.4) is 0 Å². The minimum absolute atomic E-state index is 0.0617. The van der Waals surface area contributed by atoms with Crippen LogP contribution in [0.4, 0.5) is 0 Å². The highest BCUT2D eigenvalue weighted by Crippen LogP contribution is 2.31. The molecule has 0 radical (unpaired) electrons. The molecule has 1 fully saturated rings. The summed E-state index contributed by atoms with van der Waals surface area (Å²) in [4.78, 5) is 0. The molecular weight excluding hydrogens is 210 g/mol. The summed E-state index contributed by atoms with van der Waals surface area (Å²) < 4.78 is 0. The molecule has 1 aromatic carbocycles. The van der Waals surface area contributed by atoms with Crippen LogP contribution < -0.4 is 5.32 Å². The Hall–Kier alpha value is -0.860. The van der Waals surface area contributed by atoms with Crippen LogP contribution in [0.1, 0.15) is 43.7 Å². The molecule has 2 rings (SSSR count). The van der Waals surface area contributed by atoms with E-state index in [1.54, 1.807) is 0 Å². The third kappa shape index (κ3) is 2.53. The van der Waals surface area contributed by atoms with Gasteiger partial charge in [-0.1, -0.05) is 38.1 Å². The van der Waals surface area contributed by atoms with Gasteiger partial charge in [-0.25, -0.2) is 0 Å². The summed E-state index contributed by atoms with van der Waals surface area (Å²) in [6.45, 7) is 6.62. The van der Waals surface area contributed by atoms with Gasteiger partial charge in [-0.2, -0.15) is 0 Å². The Morgan fingerprint density at radius 2 is 2.00 bits per heavy atom. The number of hydrogen-bond acceptors (Lipinski definition) is 2. The normalized spacial score (nSPS) is 25.2. The number of piperidine rings is 1. The number of hydrogen-bond donors (Lipinski definition) is 2. The molecule has 0 spiro atoms. The highest BCUT2D eigenvalue weighted by atomic mass is 16.3. The van der Waals surface area contributed by atoms with Crippen molar-refractivity contribution >= 4 is 0 Å². The van der Waals surface area contributed by atoms with Crippen LogP contribution >= 0.6 is 0 Å². The Labute approximate surface area is 104 Å². The van der Waals surface area contributed by atoms with Crippen molar-refractivity contribution in [1.82, 2.24) is 5.32 Å². The maximum Gasteiger partial charge on any atom is 0.0540 e. The SMILES string of the molecule is CC(C)c1ccc(C2(CO)CCCNC2)cc1. The molecule has 0 amide bonds. The molecule has 1 aliphatic rings. The first kappa shape index (κ1) is 12.6. The van der Waals surface area contributed by atoms with Crippen molar-refractivity contribution in [1.29, 1.82) is 0 Å². The first-order valence-electron chi connectivity index (χ1n) is 6.60. The molecule has 1 saturated heterocycles. The molecule has 0 aliphatic carbocycles. The second kappa shape index (κ2) is 5.19. The lowest BCUT2D eigenvalue weighted by atomic mass is 9.75. The second-order valence-corrected chi connectivity index (χ2v) is 5.50. The second-order valence-electron chi connectivity index (χ2n) is 5.50. The molecule has 1 atom stereocenters. The Kier molecular flexibility index (Phi) is 3.85. The molecule has 2 heteroatoms. The van der Waals surface area contributed by atoms with Gasteiger partial charge in [0.05, 0.1) is 6.61 Å². The average molecular weight is 233 g/mol. The number of benzene rings is 1. The summed E-state index contributed by atoms with van der Waals surface area (Å²) in [6.07, 6.45) is 2.23. The van der Waals surface area contributed by atoms with E-state index >= 15 is 0 Å². The van der Waals surface area contributed by atoms with Crippen molar-refractivity contribution in [2.24, 2.45) is 0 Å². The van der Waals surface area contributed by atoms with E-state index in [9.17, 15) is 5.11 Å². The lowest BCUT2D eigenvalue weighted by molar-refractivity contribution is 0.162. The van der Waals surface area contributed by atoms with Gasteiger partial charge in [0.1, 0.15) is 0 Å². The average Bonchev–Trinajstić information content (AvgIpc) is 2.39. The number of aliphatic hydroxyl groups excluding tert-OH is 1. The molecule has 0 saturated carbocycles. The van der Waals surface area contributed by atoms with Crippen LogP contribution in [0.5, 0.6) is 0 Å². The molecule has 94 valence electrons. The van der Waals surface area contributed by atoms with Crippen molar-refractivity contribution in [2.45, 2.75) is 38.0 Å². The van der Waals surface area contributed by atoms with E-state index in [-0.39, 0.29) is 12.0 Å². The fourth-order valence-electron chi connectivity index (χ4n) is 2.66. The van der Waals surface area contributed by atoms with Crippen molar-refractivity contribution in [3.05, 3.63) is 35.4 Å². The van der Waals surface area contributed by atoms with Gasteiger partial charge < -0.3 is 10.4 Å². The van der Waals surface area contributed by atoms with E-state index in [2.05, 4.69) is 43.4 Å². The first-order chi connectivity index (χ1) is 8.18. The fourth-order valence-corrected chi connectivity index (χ4v) is 2.66. The zero-order valence-electron chi connectivity index (χ0n) is 10.9. The van der Waals surface area contributed by atoms with Crippen LogP contribution in [0.25, 0.3) is 0 Å². The lowest BCUT2D eigenvalue weighted by Gasteiger charge is -2.36. The topological polar surface area (TPSA) is 32.3 Å². The predicted molar refractivity (Wildman–Crippen MR) is 71.4 cm³/mol. The van der Waals surface area contributed by atoms with Crippen molar-refractivity contribution in [3.8, 4) is 0 Å². The van der Waals surface area contributed by atoms with E-state index in [4.69, 9.17) is 0 Å². The first-order valence-corrected chi connectivity index (χ1v) is 6.60. The van der Waals surface area contributed by atoms with Crippen LogP contribution in [0.2, 0.25) is 0 Å². The standard InChI is InChI=1S/C15H23NO/c1-12(2)13-4-6-14(7-5-13)15(11-17)8-3-9-16-10-15/h4-7,12,16-17H,3,8-11H2,1-2H3. The Balaban J connectivity index is 2.24. The van der Waals surface area contributed by atoms with Gasteiger partial charge in [0.25, 0.3) is 0 Å². The quantitative estimate of drug-likeness (QED) is 0.840. The smallest absolute Gasteiger partial charge is 0.0540 e. The van der Waals surface area contributed by atoms with E-state index in [0.29, 0.717) is 5.92 Å². The number of rotatable bonds is 3. The largest absolute Gasteiger partial charge is 0.395 e. The molecule has 1 unspecified atom stereocenters. The minimum atomic E-state index is -0.0617. The summed E-state index contributed by atoms with van der Waals surface area (Å²) in [5.74, 6) is 0.568. The van der Waals surface area contributed by atoms with Crippen LogP contribution in [0, 0.1) is 0 Å². The molecule has 1 aliphatic heterocycles. The Bertz CT molecular complexity index is 350. The minimum Gasteiger partial charge on any atom is -0.395 e. The van der Waals surface area contributed by atoms with Gasteiger partial charge in [-0.15, -0.1) is 0 Å². The van der Waals surface area contributed by atoms with E-state index in [0.717, 1.165) is 25.9 Å². The zero-order valence-corrected chi connectivity index (χ0v) is 10.9. The Morgan fingerprint density at radius 3 is 2.47 bits per heavy atom. The molecule has 2 nitrogen and oxygen atoms in total. The predicted octanol–water partition coefficient (Wildman–Crippen LogP) is 2.42. The molecule has 17 heavy (non-hydrogen) atoms. The molecule has 1 aromatic rings. The highest BCUT2D eigenvalue weighted by molar-refractivity contribution is 5.31. The van der Waals surface area contributed by atoms with Gasteiger partial charge in [-0.05, 0) is 36.4 Å². The van der Waals surface area contributed by atoms with E-state index < -0.39 is 0 Å². The molecule has 0 aromatic heterocycles. The van der Waals surface area contributed by atoms with Crippen LogP contribution in [0.15, 0.2) is 24.3 Å². The molecular formula is C15H23NO. The van der Waals surface area contributed by atoms with E-state index in [1.807, 2.05) is 0 Å². The van der Waals surface area contributed by atoms with Gasteiger partial charge >= 0.3 is 0 Å². The third-order valence-electron chi connectivity index (χ3n) is 3.96. The maximum absolute atomic E-state index is 9.73. The zero-order chi connectivity index (χ0) is 12.3. The fraction of sp³-hybridized carbons (Fsp3) is 0.600. The number of aliphatic hydroxyl groups is 1. The summed E-state index contributed by atoms with van der Waals surface area (Å²) in [6, 6.07) is 8.79. The monoisotopic (exact) mass is 233 g/mol. The van der Waals surface area contributed by atoms with Gasteiger partial charge in [-0.3, -0.25) is 0 Å². The maximum atomic E-state index is 9.73. The third-order valence-corrected chi connectivity index (χ3v) is 3.96. The highest BCUT2D eigenvalue weighted by Gasteiger charge is 2.33. The van der Waals surface area contributed by atoms with Gasteiger partial charge in [0, 0.05) is 12.0 Å². The van der Waals surface area contributed by atoms with Gasteiger partial charge in [0.15, 0.2) is 0 Å². The summed E-state index contributed by atoms with van der Waals surface area (Å²) >= 11 is 0. The lowest BCUT2D eigenvalue weighted by Crippen LogP contribution is -2.45. The van der Waals surface area contributed by atoms with Crippen molar-refractivity contribution < 1.29 is 5.11 Å². The van der Waals surface area contributed by atoms with Crippen LogP contribution in [-0.4, -0.2) is 24.8 Å². The van der Waals surface area contributed by atoms with E-state index in [1.165, 1.54) is 11.1 Å². The molecule has 0 bridgehead atoms. The summed E-state index contributed by atoms with van der Waals surface area (Å²) in [7, 11) is 0. The molecule has 1 heterocycles. The van der Waals surface area contributed by atoms with Gasteiger partial charge in [0.2, 0.25) is 0 Å². The van der Waals surface area contributed by atoms with Crippen LogP contribution in [-0.2, 0) is 5.41 Å². The summed E-state index contributed by atoms with van der Waals surface area (Å²) in [5.41, 5.74) is 2.58. The molecule has 2 N–H and O–H groups in total. The Morgan fingerprint density at radius 1 is 1.29 bits per heavy atom. The number of nitrogens with one attached hydrogen (secondary N) is 1.